The zero-order valence-electron chi connectivity index (χ0n) is 17.1. The molecule has 0 saturated carbocycles. The van der Waals surface area contributed by atoms with Crippen LogP contribution in [0.15, 0.2) is 36.5 Å². The molecule has 0 N–H and O–H groups in total. The van der Waals surface area contributed by atoms with E-state index in [9.17, 15) is 9.18 Å². The molecule has 0 atom stereocenters. The van der Waals surface area contributed by atoms with Crippen molar-refractivity contribution in [2.45, 2.75) is 27.1 Å². The fourth-order valence-electron chi connectivity index (χ4n) is 3.62. The van der Waals surface area contributed by atoms with Gasteiger partial charge in [-0.1, -0.05) is 23.7 Å². The number of carbonyl (C=O) groups is 1. The lowest BCUT2D eigenvalue weighted by Crippen LogP contribution is -2.48. The second-order valence-corrected chi connectivity index (χ2v) is 7.94. The molecule has 2 aromatic heterocycles. The molecule has 1 saturated heterocycles. The number of carbonyl (C=O) groups excluding carboxylic acids is 1. The smallest absolute Gasteiger partial charge is 0.274 e. The number of piperazine rings is 1. The first-order chi connectivity index (χ1) is 14.4. The molecule has 3 aromatic rings. The van der Waals surface area contributed by atoms with Crippen molar-refractivity contribution in [3.63, 3.8) is 0 Å². The van der Waals surface area contributed by atoms with Crippen LogP contribution in [0.4, 0.5) is 4.39 Å². The summed E-state index contributed by atoms with van der Waals surface area (Å²) in [4.78, 5) is 16.9. The van der Waals surface area contributed by atoms with E-state index in [0.717, 1.165) is 36.6 Å². The summed E-state index contributed by atoms with van der Waals surface area (Å²) in [5.41, 5.74) is 3.14. The summed E-state index contributed by atoms with van der Waals surface area (Å²) in [5, 5.41) is 9.48. The number of halogens is 2. The predicted octanol–water partition coefficient (Wildman–Crippen LogP) is 2.95. The Morgan fingerprint density at radius 1 is 1.07 bits per heavy atom. The lowest BCUT2D eigenvalue weighted by atomic mass is 10.2. The van der Waals surface area contributed by atoms with E-state index in [4.69, 9.17) is 11.6 Å². The molecule has 1 aromatic carbocycles. The van der Waals surface area contributed by atoms with Crippen molar-refractivity contribution in [3.05, 3.63) is 70.0 Å². The molecule has 3 heterocycles. The first-order valence-electron chi connectivity index (χ1n) is 9.90. The predicted molar refractivity (Wildman–Crippen MR) is 112 cm³/mol. The van der Waals surface area contributed by atoms with Crippen molar-refractivity contribution in [1.82, 2.24) is 29.4 Å². The third kappa shape index (κ3) is 4.39. The Bertz CT molecular complexity index is 1040. The molecule has 0 unspecified atom stereocenters. The minimum atomic E-state index is -0.227. The topological polar surface area (TPSA) is 59.2 Å². The minimum Gasteiger partial charge on any atom is -0.335 e. The van der Waals surface area contributed by atoms with Gasteiger partial charge in [0.05, 0.1) is 16.4 Å². The first-order valence-corrected chi connectivity index (χ1v) is 10.3. The highest BCUT2D eigenvalue weighted by molar-refractivity contribution is 6.31. The molecule has 30 heavy (non-hydrogen) atoms. The van der Waals surface area contributed by atoms with E-state index in [-0.39, 0.29) is 11.7 Å². The average Bonchev–Trinajstić information content (AvgIpc) is 3.31. The van der Waals surface area contributed by atoms with Crippen molar-refractivity contribution in [2.75, 3.05) is 26.2 Å². The SMILES string of the molecule is Cc1nn(Cn2ccc(C(=O)N3CCN(Cc4ccc(F)cc4)CC3)n2)c(C)c1Cl. The van der Waals surface area contributed by atoms with Crippen LogP contribution in [0.2, 0.25) is 5.02 Å². The lowest BCUT2D eigenvalue weighted by Gasteiger charge is -2.34. The summed E-state index contributed by atoms with van der Waals surface area (Å²) in [7, 11) is 0. The van der Waals surface area contributed by atoms with E-state index in [2.05, 4.69) is 15.1 Å². The highest BCUT2D eigenvalue weighted by Crippen LogP contribution is 2.19. The van der Waals surface area contributed by atoms with Gasteiger partial charge in [-0.25, -0.2) is 9.07 Å². The van der Waals surface area contributed by atoms with Crippen LogP contribution in [0.25, 0.3) is 0 Å². The highest BCUT2D eigenvalue weighted by Gasteiger charge is 2.24. The van der Waals surface area contributed by atoms with Gasteiger partial charge in [0.2, 0.25) is 0 Å². The third-order valence-corrected chi connectivity index (χ3v) is 5.96. The number of hydrogen-bond acceptors (Lipinski definition) is 4. The maximum absolute atomic E-state index is 13.1. The Kier molecular flexibility index (Phi) is 5.87. The maximum Gasteiger partial charge on any atom is 0.274 e. The maximum atomic E-state index is 13.1. The van der Waals surface area contributed by atoms with Crippen molar-refractivity contribution < 1.29 is 9.18 Å². The average molecular weight is 431 g/mol. The highest BCUT2D eigenvalue weighted by atomic mass is 35.5. The van der Waals surface area contributed by atoms with E-state index in [1.54, 1.807) is 33.8 Å². The summed E-state index contributed by atoms with van der Waals surface area (Å²) in [5.74, 6) is -0.295. The van der Waals surface area contributed by atoms with Crippen LogP contribution < -0.4 is 0 Å². The fraction of sp³-hybridized carbons (Fsp3) is 0.381. The van der Waals surface area contributed by atoms with Crippen LogP contribution in [0, 0.1) is 19.7 Å². The second kappa shape index (κ2) is 8.57. The van der Waals surface area contributed by atoms with Gasteiger partial charge in [-0.15, -0.1) is 0 Å². The monoisotopic (exact) mass is 430 g/mol. The summed E-state index contributed by atoms with van der Waals surface area (Å²) in [6.07, 6.45) is 1.78. The number of amides is 1. The Morgan fingerprint density at radius 3 is 2.40 bits per heavy atom. The Morgan fingerprint density at radius 2 is 1.77 bits per heavy atom. The van der Waals surface area contributed by atoms with Gasteiger partial charge >= 0.3 is 0 Å². The van der Waals surface area contributed by atoms with Gasteiger partial charge in [0.15, 0.2) is 0 Å². The Balaban J connectivity index is 1.33. The molecule has 0 aliphatic carbocycles. The van der Waals surface area contributed by atoms with Gasteiger partial charge in [0.25, 0.3) is 5.91 Å². The summed E-state index contributed by atoms with van der Waals surface area (Å²) in [6, 6.07) is 8.29. The van der Waals surface area contributed by atoms with Gasteiger partial charge < -0.3 is 4.90 Å². The van der Waals surface area contributed by atoms with Crippen LogP contribution in [0.3, 0.4) is 0 Å². The fourth-order valence-corrected chi connectivity index (χ4v) is 3.76. The largest absolute Gasteiger partial charge is 0.335 e. The summed E-state index contributed by atoms with van der Waals surface area (Å²) in [6.45, 7) is 7.74. The molecule has 1 amide bonds. The molecule has 9 heteroatoms. The minimum absolute atomic E-state index is 0.0680. The number of aryl methyl sites for hydroxylation is 1. The van der Waals surface area contributed by atoms with Crippen molar-refractivity contribution in [1.29, 1.82) is 0 Å². The van der Waals surface area contributed by atoms with Crippen LogP contribution >= 0.6 is 11.6 Å². The molecule has 1 aliphatic rings. The molecule has 1 aliphatic heterocycles. The Labute approximate surface area is 179 Å². The molecule has 0 spiro atoms. The van der Waals surface area contributed by atoms with Crippen LogP contribution in [0.1, 0.15) is 27.4 Å². The van der Waals surface area contributed by atoms with Crippen molar-refractivity contribution in [3.8, 4) is 0 Å². The van der Waals surface area contributed by atoms with E-state index in [1.807, 2.05) is 18.7 Å². The van der Waals surface area contributed by atoms with Crippen LogP contribution in [0.5, 0.6) is 0 Å². The number of aromatic nitrogens is 4. The summed E-state index contributed by atoms with van der Waals surface area (Å²) >= 11 is 6.20. The van der Waals surface area contributed by atoms with E-state index in [0.29, 0.717) is 30.5 Å². The molecular weight excluding hydrogens is 407 g/mol. The molecule has 7 nitrogen and oxygen atoms in total. The molecule has 158 valence electrons. The first kappa shape index (κ1) is 20.6. The van der Waals surface area contributed by atoms with E-state index < -0.39 is 0 Å². The lowest BCUT2D eigenvalue weighted by molar-refractivity contribution is 0.0621. The van der Waals surface area contributed by atoms with Gasteiger partial charge in [-0.2, -0.15) is 10.2 Å². The second-order valence-electron chi connectivity index (χ2n) is 7.56. The van der Waals surface area contributed by atoms with Gasteiger partial charge in [-0.05, 0) is 37.6 Å². The number of hydrogen-bond donors (Lipinski definition) is 0. The van der Waals surface area contributed by atoms with Gasteiger partial charge in [0, 0.05) is 38.9 Å². The molecule has 1 fully saturated rings. The Hall–Kier alpha value is -2.71. The molecule has 0 radical (unpaired) electrons. The normalized spacial score (nSPS) is 15.0. The van der Waals surface area contributed by atoms with Gasteiger partial charge in [0.1, 0.15) is 18.2 Å². The van der Waals surface area contributed by atoms with E-state index >= 15 is 0 Å². The summed E-state index contributed by atoms with van der Waals surface area (Å²) < 4.78 is 16.5. The zero-order chi connectivity index (χ0) is 21.3. The van der Waals surface area contributed by atoms with E-state index in [1.165, 1.54) is 12.1 Å². The molecule has 0 bridgehead atoms. The molecular formula is C21H24ClFN6O. The number of rotatable bonds is 5. The van der Waals surface area contributed by atoms with Crippen molar-refractivity contribution >= 4 is 17.5 Å². The van der Waals surface area contributed by atoms with Crippen molar-refractivity contribution in [2.24, 2.45) is 0 Å². The molecule has 4 rings (SSSR count). The van der Waals surface area contributed by atoms with Crippen LogP contribution in [-0.4, -0.2) is 61.4 Å². The van der Waals surface area contributed by atoms with Gasteiger partial charge in [-0.3, -0.25) is 14.4 Å². The van der Waals surface area contributed by atoms with Crippen LogP contribution in [-0.2, 0) is 13.2 Å². The number of nitrogens with zero attached hydrogens (tertiary/aromatic N) is 6. The zero-order valence-corrected chi connectivity index (χ0v) is 17.8. The number of benzene rings is 1. The standard InChI is InChI=1S/C21H24ClFN6O/c1-15-20(22)16(2)29(24-15)14-28-8-7-19(25-28)21(30)27-11-9-26(10-12-27)13-17-3-5-18(23)6-4-17/h3-8H,9-14H2,1-2H3. The quantitative estimate of drug-likeness (QED) is 0.624. The third-order valence-electron chi connectivity index (χ3n) is 5.41.